The monoisotopic (exact) mass is 299 g/mol. The average Bonchev–Trinajstić information content (AvgIpc) is 2.56. The van der Waals surface area contributed by atoms with Crippen LogP contribution in [0.4, 0.5) is 5.69 Å². The Bertz CT molecular complexity index is 673. The van der Waals surface area contributed by atoms with E-state index in [2.05, 4.69) is 0 Å². The summed E-state index contributed by atoms with van der Waals surface area (Å²) in [4.78, 5) is 12.2. The highest BCUT2D eigenvalue weighted by Crippen LogP contribution is 2.24. The van der Waals surface area contributed by atoms with Crippen molar-refractivity contribution in [1.82, 2.24) is 9.36 Å². The molecule has 2 N–H and O–H groups in total. The van der Waals surface area contributed by atoms with Gasteiger partial charge in [0.25, 0.3) is 5.56 Å². The lowest BCUT2D eigenvalue weighted by Crippen LogP contribution is -2.22. The van der Waals surface area contributed by atoms with Crippen molar-refractivity contribution in [3.8, 4) is 5.69 Å². The summed E-state index contributed by atoms with van der Waals surface area (Å²) in [6.45, 7) is 4.55. The predicted molar refractivity (Wildman–Crippen MR) is 79.5 cm³/mol. The fourth-order valence-electron chi connectivity index (χ4n) is 2.04. The van der Waals surface area contributed by atoms with Gasteiger partial charge in [-0.15, -0.1) is 0 Å². The van der Waals surface area contributed by atoms with Gasteiger partial charge in [0.15, 0.2) is 0 Å². The molecule has 6 heteroatoms. The Balaban J connectivity index is 2.74. The van der Waals surface area contributed by atoms with Crippen LogP contribution in [0.1, 0.15) is 19.0 Å². The molecule has 0 unspecified atom stereocenters. The molecule has 4 nitrogen and oxygen atoms in total. The van der Waals surface area contributed by atoms with Crippen LogP contribution in [0.5, 0.6) is 0 Å². The topological polar surface area (TPSA) is 52.9 Å². The molecule has 0 aliphatic rings. The van der Waals surface area contributed by atoms with Gasteiger partial charge in [0.2, 0.25) is 0 Å². The minimum absolute atomic E-state index is 0.250. The molecule has 0 spiro atoms. The summed E-state index contributed by atoms with van der Waals surface area (Å²) < 4.78 is 3.35. The number of halogens is 2. The van der Waals surface area contributed by atoms with Gasteiger partial charge >= 0.3 is 0 Å². The minimum atomic E-state index is -0.254. The lowest BCUT2D eigenvalue weighted by Gasteiger charge is -2.13. The third kappa shape index (κ3) is 2.38. The third-order valence-electron chi connectivity index (χ3n) is 3.01. The number of rotatable bonds is 3. The number of hydrogen-bond donors (Lipinski definition) is 1. The molecule has 0 fully saturated rings. The molecule has 102 valence electrons. The third-order valence-corrected chi connectivity index (χ3v) is 3.55. The maximum absolute atomic E-state index is 12.2. The van der Waals surface area contributed by atoms with Crippen molar-refractivity contribution in [2.45, 2.75) is 26.8 Å². The molecular weight excluding hydrogens is 285 g/mol. The molecule has 0 amide bonds. The Morgan fingerprint density at radius 2 is 2.00 bits per heavy atom. The maximum Gasteiger partial charge on any atom is 0.294 e. The molecule has 1 heterocycles. The van der Waals surface area contributed by atoms with E-state index in [0.717, 1.165) is 12.1 Å². The van der Waals surface area contributed by atoms with Crippen molar-refractivity contribution in [2.75, 3.05) is 5.73 Å². The molecule has 1 aromatic carbocycles. The van der Waals surface area contributed by atoms with Crippen molar-refractivity contribution in [3.63, 3.8) is 0 Å². The van der Waals surface area contributed by atoms with Gasteiger partial charge in [-0.05, 0) is 31.5 Å². The quantitative estimate of drug-likeness (QED) is 0.946. The second-order valence-corrected chi connectivity index (χ2v) is 5.18. The van der Waals surface area contributed by atoms with Crippen LogP contribution >= 0.6 is 23.2 Å². The van der Waals surface area contributed by atoms with Gasteiger partial charge < -0.3 is 5.73 Å². The zero-order valence-electron chi connectivity index (χ0n) is 10.8. The number of nitrogens with two attached hydrogens (primary N) is 1. The summed E-state index contributed by atoms with van der Waals surface area (Å²) in [5.41, 5.74) is 7.16. The molecule has 0 radical (unpaired) electrons. The summed E-state index contributed by atoms with van der Waals surface area (Å²) in [6.07, 6.45) is 0.889. The normalized spacial score (nSPS) is 10.9. The zero-order valence-corrected chi connectivity index (χ0v) is 12.3. The molecule has 1 aromatic heterocycles. The number of anilines is 1. The number of hydrogen-bond acceptors (Lipinski definition) is 2. The van der Waals surface area contributed by atoms with Crippen molar-refractivity contribution in [2.24, 2.45) is 0 Å². The molecule has 0 saturated carbocycles. The van der Waals surface area contributed by atoms with Gasteiger partial charge in [0, 0.05) is 11.6 Å². The van der Waals surface area contributed by atoms with Gasteiger partial charge in [-0.3, -0.25) is 9.48 Å². The first kappa shape index (κ1) is 14.0. The van der Waals surface area contributed by atoms with Crippen LogP contribution in [0.25, 0.3) is 5.69 Å². The Labute approximate surface area is 121 Å². The Morgan fingerprint density at radius 1 is 1.32 bits per heavy atom. The second kappa shape index (κ2) is 5.31. The summed E-state index contributed by atoms with van der Waals surface area (Å²) in [7, 11) is 0. The second-order valence-electron chi connectivity index (χ2n) is 4.33. The van der Waals surface area contributed by atoms with Gasteiger partial charge in [0.1, 0.15) is 5.69 Å². The Kier molecular flexibility index (Phi) is 3.92. The number of nitrogen functional groups attached to an aromatic ring is 1. The number of benzene rings is 1. The van der Waals surface area contributed by atoms with Crippen molar-refractivity contribution < 1.29 is 0 Å². The van der Waals surface area contributed by atoms with Gasteiger partial charge in [-0.1, -0.05) is 30.1 Å². The summed E-state index contributed by atoms with van der Waals surface area (Å²) >= 11 is 12.0. The fourth-order valence-corrected chi connectivity index (χ4v) is 2.53. The van der Waals surface area contributed by atoms with E-state index in [1.807, 2.05) is 18.5 Å². The highest BCUT2D eigenvalue weighted by atomic mass is 35.5. The molecule has 2 rings (SSSR count). The van der Waals surface area contributed by atoms with Crippen molar-refractivity contribution in [1.29, 1.82) is 0 Å². The first-order valence-corrected chi connectivity index (χ1v) is 6.76. The molecule has 0 atom stereocenters. The SMILES string of the molecule is CCCn1c(C)c(N)c(=O)n1-c1ccc(Cl)cc1Cl. The van der Waals surface area contributed by atoms with Gasteiger partial charge in [0.05, 0.1) is 16.4 Å². The molecule has 0 saturated heterocycles. The highest BCUT2D eigenvalue weighted by molar-refractivity contribution is 6.35. The summed E-state index contributed by atoms with van der Waals surface area (Å²) in [5.74, 6) is 0. The molecule has 0 aliphatic carbocycles. The number of aromatic nitrogens is 2. The lowest BCUT2D eigenvalue weighted by molar-refractivity contribution is 0.524. The minimum Gasteiger partial charge on any atom is -0.393 e. The zero-order chi connectivity index (χ0) is 14.2. The van der Waals surface area contributed by atoms with Gasteiger partial charge in [-0.2, -0.15) is 0 Å². The van der Waals surface area contributed by atoms with E-state index in [4.69, 9.17) is 28.9 Å². The van der Waals surface area contributed by atoms with Crippen LogP contribution in [0.3, 0.4) is 0 Å². The summed E-state index contributed by atoms with van der Waals surface area (Å²) in [6, 6.07) is 5.03. The first-order chi connectivity index (χ1) is 8.97. The van der Waals surface area contributed by atoms with Crippen molar-refractivity contribution >= 4 is 28.9 Å². The van der Waals surface area contributed by atoms with E-state index >= 15 is 0 Å². The summed E-state index contributed by atoms with van der Waals surface area (Å²) in [5, 5.41) is 0.949. The van der Waals surface area contributed by atoms with E-state index in [1.54, 1.807) is 18.2 Å². The van der Waals surface area contributed by atoms with Crippen molar-refractivity contribution in [3.05, 3.63) is 44.3 Å². The average molecular weight is 300 g/mol. The number of nitrogens with zero attached hydrogens (tertiary/aromatic N) is 2. The van der Waals surface area contributed by atoms with Crippen LogP contribution in [0, 0.1) is 6.92 Å². The smallest absolute Gasteiger partial charge is 0.294 e. The predicted octanol–water partition coefficient (Wildman–Crippen LogP) is 3.25. The van der Waals surface area contributed by atoms with E-state index in [1.165, 1.54) is 4.68 Å². The molecule has 0 bridgehead atoms. The maximum atomic E-state index is 12.2. The van der Waals surface area contributed by atoms with E-state index < -0.39 is 0 Å². The molecule has 2 aromatic rings. The first-order valence-electron chi connectivity index (χ1n) is 6.00. The van der Waals surface area contributed by atoms with Crippen LogP contribution in [0.15, 0.2) is 23.0 Å². The van der Waals surface area contributed by atoms with E-state index in [0.29, 0.717) is 22.3 Å². The van der Waals surface area contributed by atoms with Crippen LogP contribution in [-0.4, -0.2) is 9.36 Å². The molecule has 19 heavy (non-hydrogen) atoms. The highest BCUT2D eigenvalue weighted by Gasteiger charge is 2.17. The van der Waals surface area contributed by atoms with Crippen LogP contribution < -0.4 is 11.3 Å². The van der Waals surface area contributed by atoms with E-state index in [9.17, 15) is 4.79 Å². The Hall–Kier alpha value is -1.39. The lowest BCUT2D eigenvalue weighted by atomic mass is 10.3. The Morgan fingerprint density at radius 3 is 2.58 bits per heavy atom. The van der Waals surface area contributed by atoms with Gasteiger partial charge in [-0.25, -0.2) is 4.68 Å². The largest absolute Gasteiger partial charge is 0.393 e. The van der Waals surface area contributed by atoms with Crippen LogP contribution in [0.2, 0.25) is 10.0 Å². The molecule has 0 aliphatic heterocycles. The standard InChI is InChI=1S/C13H15Cl2N3O/c1-3-6-17-8(2)12(16)13(19)18(17)11-5-4-9(14)7-10(11)15/h4-5,7H,3,6,16H2,1-2H3. The fraction of sp³-hybridized carbons (Fsp3) is 0.308. The van der Waals surface area contributed by atoms with E-state index in [-0.39, 0.29) is 11.2 Å². The molecular formula is C13H15Cl2N3O. The van der Waals surface area contributed by atoms with Crippen LogP contribution in [-0.2, 0) is 6.54 Å².